The second-order valence-corrected chi connectivity index (χ2v) is 7.48. The highest BCUT2D eigenvalue weighted by Gasteiger charge is 2.28. The number of amides is 1. The van der Waals surface area contributed by atoms with Crippen LogP contribution in [-0.2, 0) is 4.74 Å². The lowest BCUT2D eigenvalue weighted by Gasteiger charge is -2.16. The quantitative estimate of drug-likeness (QED) is 0.512. The molecule has 1 aliphatic rings. The van der Waals surface area contributed by atoms with E-state index in [1.54, 1.807) is 13.2 Å². The SMILES string of the molecule is CNC(=O)c1cnc2cc(OC[C@@H]3CCC(n4ccc5c(N)ncnc54)O3)ccc2c1. The van der Waals surface area contributed by atoms with E-state index in [0.717, 1.165) is 34.8 Å². The molecule has 1 fully saturated rings. The minimum absolute atomic E-state index is 0.0269. The Bertz CT molecular complexity index is 1270. The van der Waals surface area contributed by atoms with Crippen molar-refractivity contribution in [1.82, 2.24) is 24.8 Å². The molecule has 9 heteroatoms. The van der Waals surface area contributed by atoms with E-state index in [1.165, 1.54) is 6.33 Å². The number of carbonyl (C=O) groups is 1. The average Bonchev–Trinajstić information content (AvgIpc) is 3.44. The van der Waals surface area contributed by atoms with E-state index < -0.39 is 0 Å². The molecule has 31 heavy (non-hydrogen) atoms. The van der Waals surface area contributed by atoms with E-state index in [-0.39, 0.29) is 18.2 Å². The number of nitrogens with zero attached hydrogens (tertiary/aromatic N) is 4. The number of ether oxygens (including phenoxy) is 2. The molecule has 1 unspecified atom stereocenters. The zero-order valence-corrected chi connectivity index (χ0v) is 17.0. The first-order chi connectivity index (χ1) is 15.1. The fourth-order valence-electron chi connectivity index (χ4n) is 3.89. The van der Waals surface area contributed by atoms with Gasteiger partial charge in [0.2, 0.25) is 0 Å². The van der Waals surface area contributed by atoms with Crippen molar-refractivity contribution in [2.75, 3.05) is 19.4 Å². The molecule has 3 aromatic heterocycles. The number of pyridine rings is 1. The topological polar surface area (TPSA) is 117 Å². The Morgan fingerprint density at radius 2 is 2.16 bits per heavy atom. The number of nitrogen functional groups attached to an aromatic ring is 1. The number of anilines is 1. The Morgan fingerprint density at radius 3 is 3.03 bits per heavy atom. The van der Waals surface area contributed by atoms with Crippen molar-refractivity contribution in [2.45, 2.75) is 25.2 Å². The third kappa shape index (κ3) is 3.64. The molecule has 5 rings (SSSR count). The standard InChI is InChI=1S/C22H22N6O3/c1-24-22(29)14-8-13-2-3-15(9-18(13)25-10-14)30-11-16-4-5-19(31-16)28-7-6-17-20(23)26-12-27-21(17)28/h2-3,6-10,12,16,19H,4-5,11H2,1H3,(H,24,29)(H2,23,26,27)/t16-,19?/m0/s1. The Labute approximate surface area is 178 Å². The van der Waals surface area contributed by atoms with Gasteiger partial charge in [0, 0.05) is 30.9 Å². The molecule has 0 saturated carbocycles. The second-order valence-electron chi connectivity index (χ2n) is 7.48. The van der Waals surface area contributed by atoms with E-state index in [0.29, 0.717) is 23.7 Å². The van der Waals surface area contributed by atoms with Crippen LogP contribution >= 0.6 is 0 Å². The fourth-order valence-corrected chi connectivity index (χ4v) is 3.89. The third-order valence-corrected chi connectivity index (χ3v) is 5.52. The highest BCUT2D eigenvalue weighted by molar-refractivity contribution is 5.97. The van der Waals surface area contributed by atoms with Crippen LogP contribution in [0.5, 0.6) is 5.75 Å². The number of fused-ring (bicyclic) bond motifs is 2. The molecule has 9 nitrogen and oxygen atoms in total. The van der Waals surface area contributed by atoms with Gasteiger partial charge in [0.05, 0.1) is 22.6 Å². The molecule has 3 N–H and O–H groups in total. The van der Waals surface area contributed by atoms with E-state index in [9.17, 15) is 4.79 Å². The summed E-state index contributed by atoms with van der Waals surface area (Å²) in [5.74, 6) is 1.02. The number of hydrogen-bond donors (Lipinski definition) is 2. The van der Waals surface area contributed by atoms with E-state index in [1.807, 2.05) is 41.1 Å². The summed E-state index contributed by atoms with van der Waals surface area (Å²) < 4.78 is 14.2. The Balaban J connectivity index is 1.24. The zero-order chi connectivity index (χ0) is 21.4. The lowest BCUT2D eigenvalue weighted by molar-refractivity contribution is -0.0156. The van der Waals surface area contributed by atoms with Crippen LogP contribution in [0.2, 0.25) is 0 Å². The summed E-state index contributed by atoms with van der Waals surface area (Å²) in [6.45, 7) is 0.439. The molecule has 0 spiro atoms. The average molecular weight is 418 g/mol. The molecular formula is C22H22N6O3. The fraction of sp³-hybridized carbons (Fsp3) is 0.273. The van der Waals surface area contributed by atoms with Gasteiger partial charge in [-0.1, -0.05) is 0 Å². The van der Waals surface area contributed by atoms with Crippen molar-refractivity contribution in [3.8, 4) is 5.75 Å². The normalized spacial score (nSPS) is 18.5. The smallest absolute Gasteiger partial charge is 0.252 e. The number of rotatable bonds is 5. The van der Waals surface area contributed by atoms with Gasteiger partial charge < -0.3 is 25.1 Å². The summed E-state index contributed by atoms with van der Waals surface area (Å²) in [4.78, 5) is 24.5. The van der Waals surface area contributed by atoms with Gasteiger partial charge in [-0.15, -0.1) is 0 Å². The first-order valence-corrected chi connectivity index (χ1v) is 10.1. The van der Waals surface area contributed by atoms with Gasteiger partial charge in [0.25, 0.3) is 5.91 Å². The number of nitrogens with one attached hydrogen (secondary N) is 1. The van der Waals surface area contributed by atoms with Gasteiger partial charge in [-0.05, 0) is 37.1 Å². The monoisotopic (exact) mass is 418 g/mol. The van der Waals surface area contributed by atoms with Crippen LogP contribution in [0.1, 0.15) is 29.4 Å². The van der Waals surface area contributed by atoms with Gasteiger partial charge in [0.1, 0.15) is 36.4 Å². The maximum atomic E-state index is 11.8. The Morgan fingerprint density at radius 1 is 1.26 bits per heavy atom. The van der Waals surface area contributed by atoms with Crippen LogP contribution in [0.15, 0.2) is 49.1 Å². The number of benzene rings is 1. The summed E-state index contributed by atoms with van der Waals surface area (Å²) in [5, 5.41) is 4.31. The minimum atomic E-state index is -0.160. The molecule has 0 bridgehead atoms. The molecule has 158 valence electrons. The van der Waals surface area contributed by atoms with Crippen LogP contribution in [-0.4, -0.2) is 45.2 Å². The Kier molecular flexibility index (Phi) is 4.87. The molecule has 4 heterocycles. The largest absolute Gasteiger partial charge is 0.491 e. The minimum Gasteiger partial charge on any atom is -0.491 e. The number of hydrogen-bond acceptors (Lipinski definition) is 7. The van der Waals surface area contributed by atoms with Crippen molar-refractivity contribution in [2.24, 2.45) is 0 Å². The molecule has 1 aliphatic heterocycles. The van der Waals surface area contributed by atoms with Crippen LogP contribution < -0.4 is 15.8 Å². The predicted octanol–water partition coefficient (Wildman–Crippen LogP) is 2.68. The van der Waals surface area contributed by atoms with Crippen molar-refractivity contribution in [1.29, 1.82) is 0 Å². The lowest BCUT2D eigenvalue weighted by atomic mass is 10.1. The molecule has 1 saturated heterocycles. The first kappa shape index (κ1) is 19.3. The van der Waals surface area contributed by atoms with Gasteiger partial charge in [0.15, 0.2) is 0 Å². The van der Waals surface area contributed by atoms with E-state index in [2.05, 4.69) is 20.3 Å². The zero-order valence-electron chi connectivity index (χ0n) is 17.0. The van der Waals surface area contributed by atoms with Crippen molar-refractivity contribution in [3.05, 3.63) is 54.6 Å². The summed E-state index contributed by atoms with van der Waals surface area (Å²) in [6, 6.07) is 9.37. The van der Waals surface area contributed by atoms with Crippen molar-refractivity contribution < 1.29 is 14.3 Å². The van der Waals surface area contributed by atoms with Crippen molar-refractivity contribution >= 4 is 33.7 Å². The van der Waals surface area contributed by atoms with E-state index in [4.69, 9.17) is 15.2 Å². The molecule has 0 radical (unpaired) electrons. The lowest BCUT2D eigenvalue weighted by Crippen LogP contribution is -2.18. The van der Waals surface area contributed by atoms with Gasteiger partial charge in [-0.2, -0.15) is 0 Å². The summed E-state index contributed by atoms with van der Waals surface area (Å²) in [7, 11) is 1.60. The highest BCUT2D eigenvalue weighted by atomic mass is 16.6. The maximum absolute atomic E-state index is 11.8. The summed E-state index contributed by atoms with van der Waals surface area (Å²) in [6.07, 6.45) is 6.58. The van der Waals surface area contributed by atoms with Crippen LogP contribution in [0.3, 0.4) is 0 Å². The predicted molar refractivity (Wildman–Crippen MR) is 116 cm³/mol. The molecule has 0 aliphatic carbocycles. The maximum Gasteiger partial charge on any atom is 0.252 e. The second kappa shape index (κ2) is 7.84. The third-order valence-electron chi connectivity index (χ3n) is 5.52. The molecule has 1 amide bonds. The number of carbonyl (C=O) groups excluding carboxylic acids is 1. The van der Waals surface area contributed by atoms with Crippen LogP contribution in [0, 0.1) is 0 Å². The van der Waals surface area contributed by atoms with E-state index >= 15 is 0 Å². The number of aromatic nitrogens is 4. The van der Waals surface area contributed by atoms with Crippen molar-refractivity contribution in [3.63, 3.8) is 0 Å². The highest BCUT2D eigenvalue weighted by Crippen LogP contribution is 2.32. The van der Waals surface area contributed by atoms with Gasteiger partial charge in [-0.25, -0.2) is 9.97 Å². The van der Waals surface area contributed by atoms with Gasteiger partial charge in [-0.3, -0.25) is 9.78 Å². The number of nitrogens with two attached hydrogens (primary N) is 1. The Hall–Kier alpha value is -3.72. The molecular weight excluding hydrogens is 396 g/mol. The summed E-state index contributed by atoms with van der Waals surface area (Å²) in [5.41, 5.74) is 8.00. The molecule has 2 atom stereocenters. The van der Waals surface area contributed by atoms with Gasteiger partial charge >= 0.3 is 0 Å². The van der Waals surface area contributed by atoms with Crippen LogP contribution in [0.4, 0.5) is 5.82 Å². The van der Waals surface area contributed by atoms with Crippen LogP contribution in [0.25, 0.3) is 21.9 Å². The molecule has 1 aromatic carbocycles. The summed E-state index contributed by atoms with van der Waals surface area (Å²) >= 11 is 0. The molecule has 4 aromatic rings. The first-order valence-electron chi connectivity index (χ1n) is 10.1.